The van der Waals surface area contributed by atoms with Crippen LogP contribution in [0, 0.1) is 0 Å². The standard InChI is InChI=1S/C10H13NO2.CH2O/c1-11(2)6-8-3-4-9-10(5-8)13-7-12-9;1-2/h3-5H,6-7H2,1-2H3;1H2. The number of nitrogens with zero attached hydrogens (tertiary/aromatic N) is 1. The molecule has 0 radical (unpaired) electrons. The van der Waals surface area contributed by atoms with Gasteiger partial charge in [-0.15, -0.1) is 0 Å². The normalized spacial score (nSPS) is 12.2. The number of fused-ring (bicyclic) bond motifs is 1. The summed E-state index contributed by atoms with van der Waals surface area (Å²) >= 11 is 0. The maximum atomic E-state index is 8.00. The van der Waals surface area contributed by atoms with Crippen LogP contribution in [0.3, 0.4) is 0 Å². The van der Waals surface area contributed by atoms with Crippen LogP contribution in [0.5, 0.6) is 11.5 Å². The largest absolute Gasteiger partial charge is 0.454 e. The predicted molar refractivity (Wildman–Crippen MR) is 57.1 cm³/mol. The van der Waals surface area contributed by atoms with Gasteiger partial charge in [0.25, 0.3) is 0 Å². The Balaban J connectivity index is 0.000000531. The lowest BCUT2D eigenvalue weighted by atomic mass is 10.2. The highest BCUT2D eigenvalue weighted by Crippen LogP contribution is 2.32. The molecule has 1 heterocycles. The van der Waals surface area contributed by atoms with Gasteiger partial charge in [0.05, 0.1) is 0 Å². The van der Waals surface area contributed by atoms with Gasteiger partial charge in [-0.3, -0.25) is 0 Å². The van der Waals surface area contributed by atoms with Crippen molar-refractivity contribution < 1.29 is 14.3 Å². The number of ether oxygens (including phenoxy) is 2. The topological polar surface area (TPSA) is 38.8 Å². The molecule has 0 fully saturated rings. The second-order valence-corrected chi connectivity index (χ2v) is 3.43. The van der Waals surface area contributed by atoms with Gasteiger partial charge in [-0.2, -0.15) is 0 Å². The summed E-state index contributed by atoms with van der Waals surface area (Å²) in [5.41, 5.74) is 1.24. The van der Waals surface area contributed by atoms with Gasteiger partial charge in [0, 0.05) is 6.54 Å². The minimum Gasteiger partial charge on any atom is -0.454 e. The van der Waals surface area contributed by atoms with Crippen molar-refractivity contribution in [3.8, 4) is 11.5 Å². The highest BCUT2D eigenvalue weighted by molar-refractivity contribution is 5.44. The molecule has 1 aromatic carbocycles. The van der Waals surface area contributed by atoms with Crippen LogP contribution in [0.2, 0.25) is 0 Å². The molecule has 0 saturated carbocycles. The molecule has 4 nitrogen and oxygen atoms in total. The third-order valence-corrected chi connectivity index (χ3v) is 1.94. The summed E-state index contributed by atoms with van der Waals surface area (Å²) < 4.78 is 10.5. The van der Waals surface area contributed by atoms with Crippen LogP contribution in [0.25, 0.3) is 0 Å². The fourth-order valence-electron chi connectivity index (χ4n) is 1.40. The zero-order valence-electron chi connectivity index (χ0n) is 9.03. The highest BCUT2D eigenvalue weighted by atomic mass is 16.7. The summed E-state index contributed by atoms with van der Waals surface area (Å²) in [6.45, 7) is 3.28. The molecule has 2 rings (SSSR count). The van der Waals surface area contributed by atoms with Gasteiger partial charge in [-0.25, -0.2) is 0 Å². The Labute approximate surface area is 89.4 Å². The van der Waals surface area contributed by atoms with Gasteiger partial charge in [-0.1, -0.05) is 6.07 Å². The van der Waals surface area contributed by atoms with Gasteiger partial charge in [-0.05, 0) is 31.8 Å². The van der Waals surface area contributed by atoms with Crippen LogP contribution in [-0.4, -0.2) is 32.6 Å². The lowest BCUT2D eigenvalue weighted by Crippen LogP contribution is -2.10. The quantitative estimate of drug-likeness (QED) is 0.735. The molecule has 0 amide bonds. The first-order chi connectivity index (χ1) is 7.25. The fraction of sp³-hybridized carbons (Fsp3) is 0.364. The van der Waals surface area contributed by atoms with Gasteiger partial charge in [0.2, 0.25) is 6.79 Å². The number of carbonyl (C=O) groups excluding carboxylic acids is 1. The Kier molecular flexibility index (Phi) is 4.12. The maximum absolute atomic E-state index is 8.00. The average Bonchev–Trinajstić information content (AvgIpc) is 2.67. The summed E-state index contributed by atoms with van der Waals surface area (Å²) in [6.07, 6.45) is 0. The number of hydrogen-bond donors (Lipinski definition) is 0. The SMILES string of the molecule is C=O.CN(C)Cc1ccc2c(c1)OCO2. The molecule has 1 aromatic rings. The predicted octanol–water partition coefficient (Wildman–Crippen LogP) is 1.29. The van der Waals surface area contributed by atoms with Crippen molar-refractivity contribution in [1.82, 2.24) is 4.90 Å². The lowest BCUT2D eigenvalue weighted by Gasteiger charge is -2.09. The molecule has 0 atom stereocenters. The van der Waals surface area contributed by atoms with Crippen molar-refractivity contribution in [2.24, 2.45) is 0 Å². The molecular formula is C11H15NO3. The van der Waals surface area contributed by atoms with Gasteiger partial charge >= 0.3 is 0 Å². The Morgan fingerprint density at radius 3 is 2.60 bits per heavy atom. The van der Waals surface area contributed by atoms with Gasteiger partial charge in [0.1, 0.15) is 6.79 Å². The number of benzene rings is 1. The van der Waals surface area contributed by atoms with E-state index in [2.05, 4.69) is 11.0 Å². The van der Waals surface area contributed by atoms with Crippen LogP contribution >= 0.6 is 0 Å². The Morgan fingerprint density at radius 2 is 1.93 bits per heavy atom. The first kappa shape index (κ1) is 11.5. The molecule has 82 valence electrons. The molecular weight excluding hydrogens is 194 g/mol. The molecule has 0 aromatic heterocycles. The third kappa shape index (κ3) is 2.95. The van der Waals surface area contributed by atoms with E-state index in [1.54, 1.807) is 0 Å². The smallest absolute Gasteiger partial charge is 0.231 e. The number of carbonyl (C=O) groups is 1. The van der Waals surface area contributed by atoms with Crippen molar-refractivity contribution in [3.05, 3.63) is 23.8 Å². The molecule has 0 N–H and O–H groups in total. The summed E-state index contributed by atoms with van der Waals surface area (Å²) in [6, 6.07) is 6.05. The van der Waals surface area contributed by atoms with E-state index in [1.807, 2.05) is 33.0 Å². The van der Waals surface area contributed by atoms with Gasteiger partial charge < -0.3 is 19.2 Å². The van der Waals surface area contributed by atoms with Crippen LogP contribution in [0.4, 0.5) is 0 Å². The molecule has 15 heavy (non-hydrogen) atoms. The minimum absolute atomic E-state index is 0.348. The Bertz CT molecular complexity index is 326. The van der Waals surface area contributed by atoms with Crippen molar-refractivity contribution >= 4 is 6.79 Å². The van der Waals surface area contributed by atoms with Crippen LogP contribution in [-0.2, 0) is 11.3 Å². The maximum Gasteiger partial charge on any atom is 0.231 e. The van der Waals surface area contributed by atoms with E-state index in [-0.39, 0.29) is 0 Å². The molecule has 0 unspecified atom stereocenters. The van der Waals surface area contributed by atoms with E-state index < -0.39 is 0 Å². The van der Waals surface area contributed by atoms with Crippen molar-refractivity contribution in [1.29, 1.82) is 0 Å². The van der Waals surface area contributed by atoms with Crippen LogP contribution in [0.1, 0.15) is 5.56 Å². The third-order valence-electron chi connectivity index (χ3n) is 1.94. The Morgan fingerprint density at radius 1 is 1.27 bits per heavy atom. The van der Waals surface area contributed by atoms with E-state index in [4.69, 9.17) is 14.3 Å². The summed E-state index contributed by atoms with van der Waals surface area (Å²) in [7, 11) is 4.09. The zero-order chi connectivity index (χ0) is 11.3. The van der Waals surface area contributed by atoms with Crippen LogP contribution in [0.15, 0.2) is 18.2 Å². The van der Waals surface area contributed by atoms with E-state index in [1.165, 1.54) is 5.56 Å². The molecule has 1 aliphatic heterocycles. The minimum atomic E-state index is 0.348. The average molecular weight is 209 g/mol. The van der Waals surface area contributed by atoms with E-state index in [0.717, 1.165) is 18.0 Å². The second-order valence-electron chi connectivity index (χ2n) is 3.43. The van der Waals surface area contributed by atoms with E-state index in [9.17, 15) is 0 Å². The second kappa shape index (κ2) is 5.36. The lowest BCUT2D eigenvalue weighted by molar-refractivity contribution is -0.0979. The molecule has 0 saturated heterocycles. The van der Waals surface area contributed by atoms with Crippen molar-refractivity contribution in [2.45, 2.75) is 6.54 Å². The van der Waals surface area contributed by atoms with Crippen molar-refractivity contribution in [3.63, 3.8) is 0 Å². The fourth-order valence-corrected chi connectivity index (χ4v) is 1.40. The zero-order valence-corrected chi connectivity index (χ0v) is 9.03. The highest BCUT2D eigenvalue weighted by Gasteiger charge is 2.12. The van der Waals surface area contributed by atoms with Gasteiger partial charge in [0.15, 0.2) is 11.5 Å². The molecule has 0 bridgehead atoms. The molecule has 0 spiro atoms. The Hall–Kier alpha value is -1.55. The number of hydrogen-bond acceptors (Lipinski definition) is 4. The summed E-state index contributed by atoms with van der Waals surface area (Å²) in [4.78, 5) is 10.1. The van der Waals surface area contributed by atoms with E-state index >= 15 is 0 Å². The monoisotopic (exact) mass is 209 g/mol. The first-order valence-electron chi connectivity index (χ1n) is 4.58. The first-order valence-corrected chi connectivity index (χ1v) is 4.58. The van der Waals surface area contributed by atoms with E-state index in [0.29, 0.717) is 6.79 Å². The summed E-state index contributed by atoms with van der Waals surface area (Å²) in [5.74, 6) is 1.71. The number of rotatable bonds is 2. The molecule has 0 aliphatic carbocycles. The molecule has 4 heteroatoms. The van der Waals surface area contributed by atoms with Crippen LogP contribution < -0.4 is 9.47 Å². The summed E-state index contributed by atoms with van der Waals surface area (Å²) in [5, 5.41) is 0. The molecule has 1 aliphatic rings. The van der Waals surface area contributed by atoms with Crippen molar-refractivity contribution in [2.75, 3.05) is 20.9 Å².